The average molecular weight is 312 g/mol. The third-order valence-corrected chi connectivity index (χ3v) is 4.36. The maximum Gasteiger partial charge on any atom is 0.228 e. The zero-order valence-electron chi connectivity index (χ0n) is 13.9. The van der Waals surface area contributed by atoms with E-state index in [4.69, 9.17) is 0 Å². The lowest BCUT2D eigenvalue weighted by Crippen LogP contribution is -2.40. The van der Waals surface area contributed by atoms with E-state index in [2.05, 4.69) is 59.8 Å². The molecule has 2 heterocycles. The molecule has 0 bridgehead atoms. The summed E-state index contributed by atoms with van der Waals surface area (Å²) >= 11 is 0. The van der Waals surface area contributed by atoms with E-state index >= 15 is 0 Å². The maximum absolute atomic E-state index is 12.4. The van der Waals surface area contributed by atoms with E-state index in [1.807, 2.05) is 6.07 Å². The molecule has 2 atom stereocenters. The molecule has 2 aromatic rings. The van der Waals surface area contributed by atoms with Gasteiger partial charge >= 0.3 is 0 Å². The molecule has 1 fully saturated rings. The van der Waals surface area contributed by atoms with Crippen molar-refractivity contribution in [2.24, 2.45) is 5.92 Å². The molecule has 0 aliphatic carbocycles. The Morgan fingerprint density at radius 3 is 2.65 bits per heavy atom. The number of nitrogens with zero attached hydrogens (tertiary/aromatic N) is 1. The summed E-state index contributed by atoms with van der Waals surface area (Å²) in [5, 5.41) is 13.6. The normalized spacial score (nSPS) is 21.2. The van der Waals surface area contributed by atoms with E-state index in [1.165, 1.54) is 11.1 Å². The van der Waals surface area contributed by atoms with E-state index < -0.39 is 0 Å². The molecule has 23 heavy (non-hydrogen) atoms. The van der Waals surface area contributed by atoms with Crippen LogP contribution in [0.15, 0.2) is 24.3 Å². The zero-order valence-corrected chi connectivity index (χ0v) is 13.9. The fourth-order valence-corrected chi connectivity index (χ4v) is 3.26. The van der Waals surface area contributed by atoms with Crippen LogP contribution < -0.4 is 10.6 Å². The number of aromatic amines is 1. The van der Waals surface area contributed by atoms with Crippen LogP contribution in [0.25, 0.3) is 11.3 Å². The summed E-state index contributed by atoms with van der Waals surface area (Å²) in [7, 11) is 0. The SMILES string of the molecule is Cc1cc(C)cc(-c2cc(NC(=O)[C@H]3CCN[C@@H](C)C3)n[nH]2)c1. The first-order chi connectivity index (χ1) is 11.0. The number of carbonyl (C=O) groups is 1. The molecule has 0 unspecified atom stereocenters. The fourth-order valence-electron chi connectivity index (χ4n) is 3.26. The van der Waals surface area contributed by atoms with Crippen molar-refractivity contribution in [3.63, 3.8) is 0 Å². The molecule has 1 saturated heterocycles. The third-order valence-electron chi connectivity index (χ3n) is 4.36. The van der Waals surface area contributed by atoms with Gasteiger partial charge in [0.25, 0.3) is 0 Å². The molecule has 3 N–H and O–H groups in total. The molecule has 122 valence electrons. The minimum Gasteiger partial charge on any atom is -0.314 e. The number of carbonyl (C=O) groups excluding carboxylic acids is 1. The predicted octanol–water partition coefficient (Wildman–Crippen LogP) is 3.02. The second-order valence-electron chi connectivity index (χ2n) is 6.61. The zero-order chi connectivity index (χ0) is 16.4. The van der Waals surface area contributed by atoms with Crippen LogP contribution >= 0.6 is 0 Å². The molecule has 1 aromatic carbocycles. The smallest absolute Gasteiger partial charge is 0.228 e. The number of nitrogens with one attached hydrogen (secondary N) is 3. The Balaban J connectivity index is 1.70. The number of benzene rings is 1. The monoisotopic (exact) mass is 312 g/mol. The fraction of sp³-hybridized carbons (Fsp3) is 0.444. The van der Waals surface area contributed by atoms with Crippen molar-refractivity contribution >= 4 is 11.7 Å². The van der Waals surface area contributed by atoms with Crippen molar-refractivity contribution in [1.82, 2.24) is 15.5 Å². The number of hydrogen-bond donors (Lipinski definition) is 3. The van der Waals surface area contributed by atoms with Crippen molar-refractivity contribution < 1.29 is 4.79 Å². The van der Waals surface area contributed by atoms with Crippen LogP contribution in [0.4, 0.5) is 5.82 Å². The molecule has 1 aliphatic rings. The molecule has 0 spiro atoms. The van der Waals surface area contributed by atoms with Crippen LogP contribution in [0.1, 0.15) is 30.9 Å². The number of hydrogen-bond acceptors (Lipinski definition) is 3. The summed E-state index contributed by atoms with van der Waals surface area (Å²) in [4.78, 5) is 12.4. The van der Waals surface area contributed by atoms with Gasteiger partial charge < -0.3 is 10.6 Å². The predicted molar refractivity (Wildman–Crippen MR) is 92.3 cm³/mol. The van der Waals surface area contributed by atoms with Crippen molar-refractivity contribution in [1.29, 1.82) is 0 Å². The third kappa shape index (κ3) is 3.79. The second-order valence-corrected chi connectivity index (χ2v) is 6.61. The van der Waals surface area contributed by atoms with Crippen molar-refractivity contribution in [3.8, 4) is 11.3 Å². The minimum absolute atomic E-state index is 0.0626. The number of aryl methyl sites for hydroxylation is 2. The highest BCUT2D eigenvalue weighted by molar-refractivity contribution is 5.92. The van der Waals surface area contributed by atoms with Gasteiger partial charge in [-0.05, 0) is 52.3 Å². The number of piperidine rings is 1. The van der Waals surface area contributed by atoms with E-state index in [9.17, 15) is 4.79 Å². The van der Waals surface area contributed by atoms with Crippen molar-refractivity contribution in [2.75, 3.05) is 11.9 Å². The lowest BCUT2D eigenvalue weighted by atomic mass is 9.92. The lowest BCUT2D eigenvalue weighted by molar-refractivity contribution is -0.120. The molecule has 1 aromatic heterocycles. The summed E-state index contributed by atoms with van der Waals surface area (Å²) in [6, 6.07) is 8.66. The molecule has 5 nitrogen and oxygen atoms in total. The Hall–Kier alpha value is -2.14. The number of H-pyrrole nitrogens is 1. The topological polar surface area (TPSA) is 69.8 Å². The van der Waals surface area contributed by atoms with Crippen LogP contribution in [-0.4, -0.2) is 28.7 Å². The maximum atomic E-state index is 12.4. The van der Waals surface area contributed by atoms with Gasteiger partial charge in [-0.25, -0.2) is 0 Å². The van der Waals surface area contributed by atoms with Crippen LogP contribution in [0, 0.1) is 19.8 Å². The van der Waals surface area contributed by atoms with E-state index in [0.717, 1.165) is 30.6 Å². The molecule has 3 rings (SSSR count). The summed E-state index contributed by atoms with van der Waals surface area (Å²) in [6.07, 6.45) is 1.75. The van der Waals surface area contributed by atoms with Gasteiger partial charge in [-0.1, -0.05) is 17.2 Å². The first-order valence-corrected chi connectivity index (χ1v) is 8.19. The first-order valence-electron chi connectivity index (χ1n) is 8.19. The molecular formula is C18H24N4O. The van der Waals surface area contributed by atoms with Gasteiger partial charge in [0.15, 0.2) is 5.82 Å². The summed E-state index contributed by atoms with van der Waals surface area (Å²) in [6.45, 7) is 7.17. The molecule has 1 amide bonds. The number of aromatic nitrogens is 2. The van der Waals surface area contributed by atoms with E-state index in [-0.39, 0.29) is 11.8 Å². The minimum atomic E-state index is 0.0626. The summed E-state index contributed by atoms with van der Waals surface area (Å²) in [5.41, 5.74) is 4.43. The first kappa shape index (κ1) is 15.7. The lowest BCUT2D eigenvalue weighted by Gasteiger charge is -2.26. The van der Waals surface area contributed by atoms with Gasteiger partial charge in [-0.15, -0.1) is 0 Å². The van der Waals surface area contributed by atoms with Crippen LogP contribution in [-0.2, 0) is 4.79 Å². The van der Waals surface area contributed by atoms with E-state index in [1.54, 1.807) is 0 Å². The summed E-state index contributed by atoms with van der Waals surface area (Å²) < 4.78 is 0. The van der Waals surface area contributed by atoms with Gasteiger partial charge in [0, 0.05) is 23.6 Å². The summed E-state index contributed by atoms with van der Waals surface area (Å²) in [5.74, 6) is 0.722. The van der Waals surface area contributed by atoms with Gasteiger partial charge in [0.05, 0.1) is 5.69 Å². The van der Waals surface area contributed by atoms with Crippen LogP contribution in [0.5, 0.6) is 0 Å². The van der Waals surface area contributed by atoms with Gasteiger partial charge in [0.2, 0.25) is 5.91 Å². The molecule has 0 saturated carbocycles. The van der Waals surface area contributed by atoms with E-state index in [0.29, 0.717) is 11.9 Å². The molecule has 5 heteroatoms. The number of rotatable bonds is 3. The Labute approximate surface area is 136 Å². The quantitative estimate of drug-likeness (QED) is 0.816. The highest BCUT2D eigenvalue weighted by atomic mass is 16.2. The molecule has 1 aliphatic heterocycles. The Morgan fingerprint density at radius 1 is 1.22 bits per heavy atom. The number of amides is 1. The Kier molecular flexibility index (Phi) is 4.48. The highest BCUT2D eigenvalue weighted by Crippen LogP contribution is 2.23. The highest BCUT2D eigenvalue weighted by Gasteiger charge is 2.25. The van der Waals surface area contributed by atoms with Crippen LogP contribution in [0.3, 0.4) is 0 Å². The van der Waals surface area contributed by atoms with Crippen LogP contribution in [0.2, 0.25) is 0 Å². The van der Waals surface area contributed by atoms with Crippen molar-refractivity contribution in [2.45, 2.75) is 39.7 Å². The average Bonchev–Trinajstić information content (AvgIpc) is 2.95. The van der Waals surface area contributed by atoms with Gasteiger partial charge in [-0.2, -0.15) is 5.10 Å². The second kappa shape index (κ2) is 6.54. The van der Waals surface area contributed by atoms with Gasteiger partial charge in [-0.3, -0.25) is 9.89 Å². The largest absolute Gasteiger partial charge is 0.314 e. The standard InChI is InChI=1S/C18H24N4O/c1-11-6-12(2)8-15(7-11)16-10-17(22-21-16)20-18(23)14-4-5-19-13(3)9-14/h6-8,10,13-14,19H,4-5,9H2,1-3H3,(H2,20,21,22,23)/t13-,14-/m0/s1. The Bertz CT molecular complexity index is 687. The molecule has 0 radical (unpaired) electrons. The molecular weight excluding hydrogens is 288 g/mol. The van der Waals surface area contributed by atoms with Crippen molar-refractivity contribution in [3.05, 3.63) is 35.4 Å². The number of anilines is 1. The Morgan fingerprint density at radius 2 is 1.96 bits per heavy atom. The van der Waals surface area contributed by atoms with Gasteiger partial charge in [0.1, 0.15) is 0 Å².